The average Bonchev–Trinajstić information content (AvgIpc) is 3.36. The number of thioether (sulfide) groups is 1. The van der Waals surface area contributed by atoms with Crippen LogP contribution in [0.15, 0.2) is 47.0 Å². The summed E-state index contributed by atoms with van der Waals surface area (Å²) in [7, 11) is 3.19. The Morgan fingerprint density at radius 2 is 2.06 bits per heavy atom. The van der Waals surface area contributed by atoms with Crippen LogP contribution in [-0.4, -0.2) is 60.6 Å². The number of ether oxygens (including phenoxy) is 2. The van der Waals surface area contributed by atoms with E-state index in [0.29, 0.717) is 42.8 Å². The molecule has 1 fully saturated rings. The third kappa shape index (κ3) is 7.01. The van der Waals surface area contributed by atoms with E-state index < -0.39 is 0 Å². The smallest absolute Gasteiger partial charge is 0.241 e. The molecular weight excluding hydrogens is 476 g/mol. The molecule has 36 heavy (non-hydrogen) atoms. The number of likely N-dealkylation sites (tertiary alicyclic amines) is 1. The van der Waals surface area contributed by atoms with Crippen LogP contribution in [0.1, 0.15) is 29.9 Å². The summed E-state index contributed by atoms with van der Waals surface area (Å²) >= 11 is 1.84. The topological polar surface area (TPSA) is 89.7 Å². The van der Waals surface area contributed by atoms with Crippen molar-refractivity contribution in [3.05, 3.63) is 59.5 Å². The number of hydrogen-bond donors (Lipinski definition) is 1. The van der Waals surface area contributed by atoms with E-state index in [4.69, 9.17) is 14.0 Å². The molecule has 1 aliphatic rings. The molecule has 1 atom stereocenters. The second-order valence-electron chi connectivity index (χ2n) is 8.99. The zero-order valence-electron chi connectivity index (χ0n) is 21.2. The number of nitrogens with one attached hydrogen (secondary N) is 1. The standard InChI is InChI=1S/C27H34N4O4S/c1-19-6-4-7-20(14-19)18-36-13-11-28-27(32)22-8-5-12-31(16-22)17-25-29-26(30-35-25)21-9-10-23(33-2)24(15-21)34-3/h4,6-7,9-10,14-15,22H,5,8,11-13,16-18H2,1-3H3,(H,28,32). The van der Waals surface area contributed by atoms with E-state index in [1.165, 1.54) is 11.1 Å². The summed E-state index contributed by atoms with van der Waals surface area (Å²) in [4.78, 5) is 19.5. The molecule has 1 saturated heterocycles. The summed E-state index contributed by atoms with van der Waals surface area (Å²) in [5, 5.41) is 7.25. The summed E-state index contributed by atoms with van der Waals surface area (Å²) in [6.07, 6.45) is 1.87. The van der Waals surface area contributed by atoms with Gasteiger partial charge in [0.1, 0.15) is 0 Å². The fourth-order valence-corrected chi connectivity index (χ4v) is 5.20. The van der Waals surface area contributed by atoms with Crippen molar-refractivity contribution in [2.45, 2.75) is 32.1 Å². The Balaban J connectivity index is 1.23. The molecule has 9 heteroatoms. The van der Waals surface area contributed by atoms with Crippen LogP contribution >= 0.6 is 11.8 Å². The molecule has 0 bridgehead atoms. The van der Waals surface area contributed by atoms with Gasteiger partial charge in [-0.3, -0.25) is 9.69 Å². The summed E-state index contributed by atoms with van der Waals surface area (Å²) in [6.45, 7) is 4.92. The van der Waals surface area contributed by atoms with Gasteiger partial charge in [0.2, 0.25) is 17.6 Å². The van der Waals surface area contributed by atoms with Crippen LogP contribution in [0.3, 0.4) is 0 Å². The highest BCUT2D eigenvalue weighted by Gasteiger charge is 2.26. The van der Waals surface area contributed by atoms with Gasteiger partial charge in [-0.25, -0.2) is 0 Å². The highest BCUT2D eigenvalue weighted by Crippen LogP contribution is 2.31. The lowest BCUT2D eigenvalue weighted by molar-refractivity contribution is -0.126. The minimum absolute atomic E-state index is 0.0197. The van der Waals surface area contributed by atoms with Crippen LogP contribution in [-0.2, 0) is 17.1 Å². The lowest BCUT2D eigenvalue weighted by Gasteiger charge is -2.30. The van der Waals surface area contributed by atoms with Gasteiger partial charge in [-0.05, 0) is 50.1 Å². The van der Waals surface area contributed by atoms with Gasteiger partial charge in [0.15, 0.2) is 11.5 Å². The largest absolute Gasteiger partial charge is 0.493 e. The molecule has 1 unspecified atom stereocenters. The summed E-state index contributed by atoms with van der Waals surface area (Å²) in [6, 6.07) is 14.1. The molecule has 0 spiro atoms. The monoisotopic (exact) mass is 510 g/mol. The lowest BCUT2D eigenvalue weighted by Crippen LogP contribution is -2.43. The number of amides is 1. The summed E-state index contributed by atoms with van der Waals surface area (Å²) in [5.74, 6) is 4.27. The van der Waals surface area contributed by atoms with E-state index in [-0.39, 0.29) is 11.8 Å². The maximum atomic E-state index is 12.8. The zero-order chi connectivity index (χ0) is 25.3. The number of piperidine rings is 1. The van der Waals surface area contributed by atoms with Crippen LogP contribution in [0.25, 0.3) is 11.4 Å². The fourth-order valence-electron chi connectivity index (χ4n) is 4.40. The SMILES string of the molecule is COc1ccc(-c2noc(CN3CCCC(C(=O)NCCSCc4cccc(C)c4)C3)n2)cc1OC. The summed E-state index contributed by atoms with van der Waals surface area (Å²) in [5.41, 5.74) is 3.39. The van der Waals surface area contributed by atoms with Crippen molar-refractivity contribution < 1.29 is 18.8 Å². The number of hydrogen-bond acceptors (Lipinski definition) is 8. The zero-order valence-corrected chi connectivity index (χ0v) is 22.0. The van der Waals surface area contributed by atoms with Gasteiger partial charge in [0.05, 0.1) is 26.7 Å². The molecule has 192 valence electrons. The van der Waals surface area contributed by atoms with Gasteiger partial charge in [-0.15, -0.1) is 0 Å². The molecule has 2 heterocycles. The van der Waals surface area contributed by atoms with E-state index in [9.17, 15) is 4.79 Å². The minimum Gasteiger partial charge on any atom is -0.493 e. The van der Waals surface area contributed by atoms with E-state index in [0.717, 1.165) is 36.5 Å². The van der Waals surface area contributed by atoms with Crippen molar-refractivity contribution in [3.8, 4) is 22.9 Å². The number of rotatable bonds is 11. The quantitative estimate of drug-likeness (QED) is 0.382. The van der Waals surface area contributed by atoms with Crippen LogP contribution in [0, 0.1) is 12.8 Å². The predicted octanol–water partition coefficient (Wildman–Crippen LogP) is 4.32. The van der Waals surface area contributed by atoms with Crippen molar-refractivity contribution in [2.75, 3.05) is 39.6 Å². The van der Waals surface area contributed by atoms with Gasteiger partial charge in [0, 0.05) is 30.2 Å². The second-order valence-corrected chi connectivity index (χ2v) is 10.1. The maximum Gasteiger partial charge on any atom is 0.241 e. The Morgan fingerprint density at radius 1 is 1.19 bits per heavy atom. The van der Waals surface area contributed by atoms with Crippen molar-refractivity contribution in [2.24, 2.45) is 5.92 Å². The minimum atomic E-state index is -0.0197. The fraction of sp³-hybridized carbons (Fsp3) is 0.444. The Morgan fingerprint density at radius 3 is 2.86 bits per heavy atom. The van der Waals surface area contributed by atoms with Crippen LogP contribution < -0.4 is 14.8 Å². The highest BCUT2D eigenvalue weighted by molar-refractivity contribution is 7.98. The Hall–Kier alpha value is -3.04. The molecule has 8 nitrogen and oxygen atoms in total. The first-order valence-electron chi connectivity index (χ1n) is 12.2. The number of methoxy groups -OCH3 is 2. The van der Waals surface area contributed by atoms with Gasteiger partial charge in [-0.1, -0.05) is 35.0 Å². The van der Waals surface area contributed by atoms with E-state index in [1.807, 2.05) is 30.0 Å². The number of carbonyl (C=O) groups is 1. The summed E-state index contributed by atoms with van der Waals surface area (Å²) < 4.78 is 16.2. The first-order chi connectivity index (χ1) is 17.6. The highest BCUT2D eigenvalue weighted by atomic mass is 32.2. The first-order valence-corrected chi connectivity index (χ1v) is 13.4. The van der Waals surface area contributed by atoms with Gasteiger partial charge >= 0.3 is 0 Å². The number of aryl methyl sites for hydroxylation is 1. The van der Waals surface area contributed by atoms with Crippen molar-refractivity contribution in [1.82, 2.24) is 20.4 Å². The third-order valence-electron chi connectivity index (χ3n) is 6.24. The first kappa shape index (κ1) is 26.0. The lowest BCUT2D eigenvalue weighted by atomic mass is 9.97. The molecule has 0 radical (unpaired) electrons. The Labute approximate surface area is 216 Å². The molecule has 0 aliphatic carbocycles. The van der Waals surface area contributed by atoms with Gasteiger partial charge < -0.3 is 19.3 Å². The second kappa shape index (κ2) is 12.8. The molecule has 3 aromatic rings. The van der Waals surface area contributed by atoms with Crippen molar-refractivity contribution >= 4 is 17.7 Å². The number of aromatic nitrogens is 2. The Kier molecular flexibility index (Phi) is 9.24. The normalized spacial score (nSPS) is 16.0. The Bertz CT molecular complexity index is 1150. The number of benzene rings is 2. The third-order valence-corrected chi connectivity index (χ3v) is 7.27. The van der Waals surface area contributed by atoms with Gasteiger partial charge in [0.25, 0.3) is 0 Å². The van der Waals surface area contributed by atoms with E-state index >= 15 is 0 Å². The van der Waals surface area contributed by atoms with Gasteiger partial charge in [-0.2, -0.15) is 16.7 Å². The molecule has 2 aromatic carbocycles. The molecule has 1 aliphatic heterocycles. The molecule has 1 N–H and O–H groups in total. The van der Waals surface area contributed by atoms with Crippen LogP contribution in [0.4, 0.5) is 0 Å². The number of carbonyl (C=O) groups excluding carboxylic acids is 1. The maximum absolute atomic E-state index is 12.8. The molecule has 0 saturated carbocycles. The molecule has 1 amide bonds. The molecule has 4 rings (SSSR count). The van der Waals surface area contributed by atoms with Crippen LogP contribution in [0.5, 0.6) is 11.5 Å². The van der Waals surface area contributed by atoms with Crippen molar-refractivity contribution in [1.29, 1.82) is 0 Å². The van der Waals surface area contributed by atoms with Crippen molar-refractivity contribution in [3.63, 3.8) is 0 Å². The van der Waals surface area contributed by atoms with E-state index in [1.54, 1.807) is 14.2 Å². The van der Waals surface area contributed by atoms with E-state index in [2.05, 4.69) is 51.5 Å². The number of nitrogens with zero attached hydrogens (tertiary/aromatic N) is 3. The average molecular weight is 511 g/mol. The molecule has 1 aromatic heterocycles. The molecular formula is C27H34N4O4S. The predicted molar refractivity (Wildman–Crippen MR) is 141 cm³/mol. The van der Waals surface area contributed by atoms with Crippen LogP contribution in [0.2, 0.25) is 0 Å².